The second kappa shape index (κ2) is 6.27. The number of nitro groups is 1. The van der Waals surface area contributed by atoms with Crippen molar-refractivity contribution in [3.8, 4) is 17.0 Å². The van der Waals surface area contributed by atoms with Gasteiger partial charge in [0, 0.05) is 38.7 Å². The van der Waals surface area contributed by atoms with Crippen LogP contribution in [0.2, 0.25) is 0 Å². The highest BCUT2D eigenvalue weighted by molar-refractivity contribution is 5.68. The third kappa shape index (κ3) is 3.18. The molecule has 23 heavy (non-hydrogen) atoms. The summed E-state index contributed by atoms with van der Waals surface area (Å²) in [5, 5.41) is 17.3. The first-order valence-corrected chi connectivity index (χ1v) is 6.73. The van der Waals surface area contributed by atoms with E-state index in [9.17, 15) is 10.1 Å². The minimum absolute atomic E-state index is 0.0791. The number of ether oxygens (including phenoxy) is 1. The molecule has 0 bridgehead atoms. The van der Waals surface area contributed by atoms with Gasteiger partial charge in [0.25, 0.3) is 5.69 Å². The van der Waals surface area contributed by atoms with Crippen molar-refractivity contribution in [3.05, 3.63) is 70.2 Å². The second-order valence-electron chi connectivity index (χ2n) is 4.67. The van der Waals surface area contributed by atoms with Gasteiger partial charge in [-0.1, -0.05) is 12.1 Å². The maximum absolute atomic E-state index is 11.0. The SMILES string of the molecule is [2H]C([2H])(c1cn[nH]c1)c1ccc(OC)c(-c2cccc([N+](=O)[O-])c2)n1. The normalized spacial score (nSPS) is 12.4. The zero-order chi connectivity index (χ0) is 18.0. The number of benzene rings is 1. The molecule has 0 aliphatic carbocycles. The summed E-state index contributed by atoms with van der Waals surface area (Å²) < 4.78 is 21.9. The Labute approximate surface area is 134 Å². The lowest BCUT2D eigenvalue weighted by Gasteiger charge is -2.10. The smallest absolute Gasteiger partial charge is 0.270 e. The summed E-state index contributed by atoms with van der Waals surface area (Å²) in [5.74, 6) is 0.396. The van der Waals surface area contributed by atoms with Crippen LogP contribution in [0.5, 0.6) is 5.75 Å². The van der Waals surface area contributed by atoms with Crippen LogP contribution < -0.4 is 4.74 Å². The van der Waals surface area contributed by atoms with Gasteiger partial charge in [-0.25, -0.2) is 4.98 Å². The largest absolute Gasteiger partial charge is 0.494 e. The Bertz CT molecular complexity index is 914. The monoisotopic (exact) mass is 312 g/mol. The number of hydrogen-bond donors (Lipinski definition) is 1. The molecule has 2 heterocycles. The molecule has 116 valence electrons. The van der Waals surface area contributed by atoms with E-state index >= 15 is 0 Å². The van der Waals surface area contributed by atoms with Crippen LogP contribution in [0.4, 0.5) is 5.69 Å². The summed E-state index contributed by atoms with van der Waals surface area (Å²) in [6.07, 6.45) is 0.965. The van der Waals surface area contributed by atoms with Gasteiger partial charge in [0.1, 0.15) is 11.4 Å². The Balaban J connectivity index is 2.13. The Morgan fingerprint density at radius 3 is 2.96 bits per heavy atom. The lowest BCUT2D eigenvalue weighted by molar-refractivity contribution is -0.384. The zero-order valence-electron chi connectivity index (χ0n) is 14.2. The lowest BCUT2D eigenvalue weighted by atomic mass is 10.1. The minimum atomic E-state index is -1.88. The second-order valence-corrected chi connectivity index (χ2v) is 4.67. The summed E-state index contributed by atoms with van der Waals surface area (Å²) in [5.41, 5.74) is 1.20. The highest BCUT2D eigenvalue weighted by atomic mass is 16.6. The van der Waals surface area contributed by atoms with Crippen LogP contribution in [-0.2, 0) is 6.37 Å². The minimum Gasteiger partial charge on any atom is -0.494 e. The number of H-pyrrole nitrogens is 1. The highest BCUT2D eigenvalue weighted by Gasteiger charge is 2.13. The van der Waals surface area contributed by atoms with Gasteiger partial charge in [0.2, 0.25) is 0 Å². The number of aromatic nitrogens is 3. The average Bonchev–Trinajstić information content (AvgIpc) is 3.16. The van der Waals surface area contributed by atoms with Crippen LogP contribution in [0.25, 0.3) is 11.3 Å². The molecule has 1 N–H and O–H groups in total. The van der Waals surface area contributed by atoms with E-state index in [0.717, 1.165) is 0 Å². The summed E-state index contributed by atoms with van der Waals surface area (Å²) in [6, 6.07) is 9.08. The summed E-state index contributed by atoms with van der Waals surface area (Å²) in [6.45, 7) is 0. The Morgan fingerprint density at radius 2 is 2.26 bits per heavy atom. The van der Waals surface area contributed by atoms with Crippen molar-refractivity contribution >= 4 is 5.69 Å². The fourth-order valence-corrected chi connectivity index (χ4v) is 2.12. The van der Waals surface area contributed by atoms with Crippen LogP contribution in [0, 0.1) is 10.1 Å². The molecule has 3 rings (SSSR count). The average molecular weight is 312 g/mol. The van der Waals surface area contributed by atoms with E-state index in [1.165, 1.54) is 37.7 Å². The van der Waals surface area contributed by atoms with Crippen molar-refractivity contribution in [3.63, 3.8) is 0 Å². The van der Waals surface area contributed by atoms with Crippen molar-refractivity contribution in [2.24, 2.45) is 0 Å². The summed E-state index contributed by atoms with van der Waals surface area (Å²) >= 11 is 0. The molecule has 0 spiro atoms. The van der Waals surface area contributed by atoms with Crippen LogP contribution in [0.15, 0.2) is 48.8 Å². The van der Waals surface area contributed by atoms with Crippen molar-refractivity contribution in [1.82, 2.24) is 15.2 Å². The molecule has 0 atom stereocenters. The molecule has 0 saturated carbocycles. The van der Waals surface area contributed by atoms with E-state index in [1.807, 2.05) is 0 Å². The molecule has 1 aromatic carbocycles. The molecule has 0 radical (unpaired) electrons. The topological polar surface area (TPSA) is 93.9 Å². The molecule has 0 unspecified atom stereocenters. The van der Waals surface area contributed by atoms with E-state index in [1.54, 1.807) is 18.2 Å². The Morgan fingerprint density at radius 1 is 1.39 bits per heavy atom. The third-order valence-electron chi connectivity index (χ3n) is 3.18. The standard InChI is InChI=1S/C16H14N4O3/c1-23-15-6-5-13(7-11-9-17-18-10-11)19-16(15)12-3-2-4-14(8-12)20(21)22/h2-6,8-10H,7H2,1H3,(H,17,18)/i7D2. The molecule has 7 nitrogen and oxygen atoms in total. The van der Waals surface area contributed by atoms with E-state index in [-0.39, 0.29) is 11.4 Å². The van der Waals surface area contributed by atoms with E-state index in [4.69, 9.17) is 7.48 Å². The number of rotatable bonds is 5. The van der Waals surface area contributed by atoms with Crippen LogP contribution in [0.3, 0.4) is 0 Å². The number of pyridine rings is 1. The number of nitrogens with one attached hydrogen (secondary N) is 1. The number of aromatic amines is 1. The van der Waals surface area contributed by atoms with Gasteiger partial charge < -0.3 is 4.74 Å². The molecule has 2 aromatic heterocycles. The fraction of sp³-hybridized carbons (Fsp3) is 0.125. The molecular formula is C16H14N4O3. The number of hydrogen-bond acceptors (Lipinski definition) is 5. The zero-order valence-corrected chi connectivity index (χ0v) is 12.2. The van der Waals surface area contributed by atoms with Gasteiger partial charge in [-0.2, -0.15) is 5.10 Å². The predicted molar refractivity (Wildman–Crippen MR) is 84.3 cm³/mol. The van der Waals surface area contributed by atoms with Crippen molar-refractivity contribution in [1.29, 1.82) is 0 Å². The first-order valence-electron chi connectivity index (χ1n) is 7.73. The van der Waals surface area contributed by atoms with Crippen molar-refractivity contribution in [2.75, 3.05) is 7.11 Å². The van der Waals surface area contributed by atoms with Gasteiger partial charge in [-0.05, 0) is 17.7 Å². The van der Waals surface area contributed by atoms with Crippen LogP contribution in [-0.4, -0.2) is 27.2 Å². The van der Waals surface area contributed by atoms with Crippen molar-refractivity contribution in [2.45, 2.75) is 6.37 Å². The first-order chi connectivity index (χ1) is 11.9. The van der Waals surface area contributed by atoms with Gasteiger partial charge in [0.15, 0.2) is 0 Å². The van der Waals surface area contributed by atoms with Gasteiger partial charge in [-0.3, -0.25) is 15.2 Å². The van der Waals surface area contributed by atoms with Crippen LogP contribution >= 0.6 is 0 Å². The van der Waals surface area contributed by atoms with E-state index in [0.29, 0.717) is 22.6 Å². The Kier molecular flexibility index (Phi) is 3.36. The molecular weight excluding hydrogens is 296 g/mol. The first kappa shape index (κ1) is 12.3. The molecule has 0 fully saturated rings. The number of nitro benzene ring substituents is 1. The van der Waals surface area contributed by atoms with Crippen LogP contribution in [0.1, 0.15) is 14.0 Å². The molecule has 3 aromatic rings. The Hall–Kier alpha value is -3.22. The summed E-state index contributed by atoms with van der Waals surface area (Å²) in [7, 11) is 1.46. The lowest BCUT2D eigenvalue weighted by Crippen LogP contribution is -1.97. The van der Waals surface area contributed by atoms with E-state index in [2.05, 4.69) is 15.2 Å². The maximum atomic E-state index is 11.0. The van der Waals surface area contributed by atoms with Gasteiger partial charge in [-0.15, -0.1) is 0 Å². The maximum Gasteiger partial charge on any atom is 0.270 e. The summed E-state index contributed by atoms with van der Waals surface area (Å²) in [4.78, 5) is 14.9. The molecule has 0 amide bonds. The molecule has 0 aliphatic rings. The number of nitrogens with zero attached hydrogens (tertiary/aromatic N) is 3. The number of non-ortho nitro benzene ring substituents is 1. The quantitative estimate of drug-likeness (QED) is 0.577. The number of methoxy groups -OCH3 is 1. The fourth-order valence-electron chi connectivity index (χ4n) is 2.12. The van der Waals surface area contributed by atoms with E-state index < -0.39 is 11.3 Å². The predicted octanol–water partition coefficient (Wildman–Crippen LogP) is 2.98. The third-order valence-corrected chi connectivity index (χ3v) is 3.18. The van der Waals surface area contributed by atoms with Crippen molar-refractivity contribution < 1.29 is 12.4 Å². The molecule has 0 aliphatic heterocycles. The van der Waals surface area contributed by atoms with Gasteiger partial charge >= 0.3 is 0 Å². The molecule has 7 heteroatoms. The van der Waals surface area contributed by atoms with Gasteiger partial charge in [0.05, 0.1) is 18.2 Å². The molecule has 0 saturated heterocycles. The highest BCUT2D eigenvalue weighted by Crippen LogP contribution is 2.30.